The predicted octanol–water partition coefficient (Wildman–Crippen LogP) is 3.61. The first-order valence-corrected chi connectivity index (χ1v) is 9.64. The number of halogens is 3. The minimum absolute atomic E-state index is 0. The minimum Gasteiger partial charge on any atom is -0.435 e. The van der Waals surface area contributed by atoms with Crippen molar-refractivity contribution in [1.82, 2.24) is 15.5 Å². The molecule has 1 aromatic rings. The van der Waals surface area contributed by atoms with Gasteiger partial charge >= 0.3 is 6.61 Å². The van der Waals surface area contributed by atoms with Crippen LogP contribution in [-0.2, 0) is 11.3 Å². The number of amides is 1. The maximum atomic E-state index is 12.7. The Morgan fingerprint density at radius 1 is 1.28 bits per heavy atom. The van der Waals surface area contributed by atoms with Gasteiger partial charge in [0.25, 0.3) is 0 Å². The molecule has 1 aromatic carbocycles. The highest BCUT2D eigenvalue weighted by molar-refractivity contribution is 14.0. The Hall–Kier alpha value is -1.65. The van der Waals surface area contributed by atoms with E-state index in [1.165, 1.54) is 6.07 Å². The van der Waals surface area contributed by atoms with Gasteiger partial charge in [0, 0.05) is 27.2 Å². The van der Waals surface area contributed by atoms with Crippen LogP contribution in [0.3, 0.4) is 0 Å². The summed E-state index contributed by atoms with van der Waals surface area (Å²) >= 11 is 0. The second-order valence-corrected chi connectivity index (χ2v) is 7.26. The fraction of sp³-hybridized carbons (Fsp3) is 0.600. The zero-order valence-corrected chi connectivity index (χ0v) is 19.5. The van der Waals surface area contributed by atoms with Crippen LogP contribution in [0.15, 0.2) is 29.3 Å². The van der Waals surface area contributed by atoms with Crippen LogP contribution >= 0.6 is 24.0 Å². The molecule has 9 heteroatoms. The van der Waals surface area contributed by atoms with Gasteiger partial charge < -0.3 is 20.3 Å². The van der Waals surface area contributed by atoms with Crippen molar-refractivity contribution in [3.05, 3.63) is 29.8 Å². The molecule has 0 saturated heterocycles. The van der Waals surface area contributed by atoms with Gasteiger partial charge in [0.1, 0.15) is 5.75 Å². The molecule has 1 saturated carbocycles. The van der Waals surface area contributed by atoms with Crippen LogP contribution in [0.4, 0.5) is 8.78 Å². The maximum absolute atomic E-state index is 12.7. The van der Waals surface area contributed by atoms with Gasteiger partial charge in [-0.1, -0.05) is 25.0 Å². The Labute approximate surface area is 188 Å². The van der Waals surface area contributed by atoms with E-state index in [2.05, 4.69) is 20.4 Å². The Morgan fingerprint density at radius 2 is 1.97 bits per heavy atom. The summed E-state index contributed by atoms with van der Waals surface area (Å²) in [6, 6.07) is 6.50. The van der Waals surface area contributed by atoms with E-state index in [-0.39, 0.29) is 35.6 Å². The summed E-state index contributed by atoms with van der Waals surface area (Å²) < 4.78 is 29.2. The highest BCUT2D eigenvalue weighted by atomic mass is 127. The quantitative estimate of drug-likeness (QED) is 0.310. The highest BCUT2D eigenvalue weighted by Crippen LogP contribution is 2.38. The molecule has 0 heterocycles. The summed E-state index contributed by atoms with van der Waals surface area (Å²) in [7, 11) is 3.58. The van der Waals surface area contributed by atoms with Crippen molar-refractivity contribution < 1.29 is 18.3 Å². The first-order valence-electron chi connectivity index (χ1n) is 9.64. The molecule has 29 heavy (non-hydrogen) atoms. The number of aliphatic imine (C=N–C) groups is 1. The molecule has 0 unspecified atom stereocenters. The maximum Gasteiger partial charge on any atom is 0.387 e. The number of alkyl halides is 2. The molecule has 0 atom stereocenters. The van der Waals surface area contributed by atoms with E-state index >= 15 is 0 Å². The summed E-state index contributed by atoms with van der Waals surface area (Å²) in [5.74, 6) is 0.854. The lowest BCUT2D eigenvalue weighted by Gasteiger charge is -2.31. The third kappa shape index (κ3) is 7.60. The molecule has 2 rings (SSSR count). The molecule has 164 valence electrons. The molecule has 0 aliphatic heterocycles. The third-order valence-electron chi connectivity index (χ3n) is 4.90. The number of rotatable bonds is 8. The smallest absolute Gasteiger partial charge is 0.387 e. The van der Waals surface area contributed by atoms with Crippen LogP contribution in [0.1, 0.15) is 38.2 Å². The fourth-order valence-electron chi connectivity index (χ4n) is 3.58. The van der Waals surface area contributed by atoms with Crippen molar-refractivity contribution in [3.8, 4) is 5.75 Å². The Morgan fingerprint density at radius 3 is 2.55 bits per heavy atom. The molecule has 1 fully saturated rings. The molecule has 2 N–H and O–H groups in total. The molecular weight excluding hydrogens is 493 g/mol. The monoisotopic (exact) mass is 524 g/mol. The van der Waals surface area contributed by atoms with Gasteiger partial charge in [0.2, 0.25) is 5.91 Å². The fourth-order valence-corrected chi connectivity index (χ4v) is 3.58. The average Bonchev–Trinajstić information content (AvgIpc) is 3.13. The van der Waals surface area contributed by atoms with Gasteiger partial charge in [-0.3, -0.25) is 4.79 Å². The summed E-state index contributed by atoms with van der Waals surface area (Å²) in [6.07, 6.45) is 3.82. The van der Waals surface area contributed by atoms with Gasteiger partial charge in [0.05, 0.1) is 12.0 Å². The van der Waals surface area contributed by atoms with Crippen LogP contribution in [-0.4, -0.2) is 50.6 Å². The largest absolute Gasteiger partial charge is 0.435 e. The summed E-state index contributed by atoms with van der Waals surface area (Å²) in [6.45, 7) is 0.614. The molecule has 0 bridgehead atoms. The first-order chi connectivity index (χ1) is 13.4. The molecule has 1 aliphatic carbocycles. The standard InChI is InChI=1S/C20H30F2N4O2.HI/c1-4-23-19(24-13-15-8-7-9-16(12-15)28-18(21)22)25-14-20(10-5-6-11-20)17(27)26(2)3;/h7-9,12,18H,4-6,10-11,13-14H2,1-3H3,(H2,23,24,25);1H. The Bertz CT molecular complexity index is 680. The van der Waals surface area contributed by atoms with E-state index < -0.39 is 12.0 Å². The summed E-state index contributed by atoms with van der Waals surface area (Å²) in [5, 5.41) is 6.47. The Balaban J connectivity index is 0.00000420. The summed E-state index contributed by atoms with van der Waals surface area (Å²) in [5.41, 5.74) is 0.361. The van der Waals surface area contributed by atoms with E-state index in [1.54, 1.807) is 37.2 Å². The normalized spacial score (nSPS) is 15.6. The second kappa shape index (κ2) is 12.1. The predicted molar refractivity (Wildman–Crippen MR) is 121 cm³/mol. The van der Waals surface area contributed by atoms with Crippen LogP contribution in [0.5, 0.6) is 5.75 Å². The molecule has 1 aliphatic rings. The molecule has 6 nitrogen and oxygen atoms in total. The van der Waals surface area contributed by atoms with E-state index in [0.717, 1.165) is 31.2 Å². The number of hydrogen-bond donors (Lipinski definition) is 2. The minimum atomic E-state index is -2.85. The highest BCUT2D eigenvalue weighted by Gasteiger charge is 2.42. The number of nitrogens with zero attached hydrogens (tertiary/aromatic N) is 2. The Kier molecular flexibility index (Phi) is 10.6. The number of nitrogens with one attached hydrogen (secondary N) is 2. The number of hydrogen-bond acceptors (Lipinski definition) is 3. The number of carbonyl (C=O) groups excluding carboxylic acids is 1. The van der Waals surface area contributed by atoms with Gasteiger partial charge in [-0.2, -0.15) is 8.78 Å². The zero-order valence-electron chi connectivity index (χ0n) is 17.2. The molecule has 0 radical (unpaired) electrons. The number of ether oxygens (including phenoxy) is 1. The SMILES string of the molecule is CCNC(=NCc1cccc(OC(F)F)c1)NCC1(C(=O)N(C)C)CCCC1.I. The van der Waals surface area contributed by atoms with Crippen molar-refractivity contribution >= 4 is 35.8 Å². The van der Waals surface area contributed by atoms with E-state index in [0.29, 0.717) is 25.6 Å². The zero-order chi connectivity index (χ0) is 20.6. The van der Waals surface area contributed by atoms with Crippen molar-refractivity contribution in [3.63, 3.8) is 0 Å². The van der Waals surface area contributed by atoms with Gasteiger partial charge in [0.15, 0.2) is 5.96 Å². The lowest BCUT2D eigenvalue weighted by atomic mass is 9.84. The van der Waals surface area contributed by atoms with E-state index in [1.807, 2.05) is 6.92 Å². The van der Waals surface area contributed by atoms with Crippen LogP contribution in [0.25, 0.3) is 0 Å². The van der Waals surface area contributed by atoms with Gasteiger partial charge in [-0.05, 0) is 37.5 Å². The number of guanidine groups is 1. The van der Waals surface area contributed by atoms with Crippen molar-refractivity contribution in [2.45, 2.75) is 45.8 Å². The van der Waals surface area contributed by atoms with Crippen LogP contribution in [0, 0.1) is 5.41 Å². The van der Waals surface area contributed by atoms with Crippen molar-refractivity contribution in [2.24, 2.45) is 10.4 Å². The van der Waals surface area contributed by atoms with Crippen molar-refractivity contribution in [2.75, 3.05) is 27.2 Å². The molecule has 1 amide bonds. The first kappa shape index (κ1) is 25.4. The lowest BCUT2D eigenvalue weighted by molar-refractivity contribution is -0.138. The van der Waals surface area contributed by atoms with Gasteiger partial charge in [-0.25, -0.2) is 4.99 Å². The van der Waals surface area contributed by atoms with Gasteiger partial charge in [-0.15, -0.1) is 24.0 Å². The molecular formula is C20H31F2IN4O2. The molecule has 0 spiro atoms. The van der Waals surface area contributed by atoms with Crippen LogP contribution in [0.2, 0.25) is 0 Å². The summed E-state index contributed by atoms with van der Waals surface area (Å²) in [4.78, 5) is 18.9. The molecule has 0 aromatic heterocycles. The number of benzene rings is 1. The number of carbonyl (C=O) groups is 1. The topological polar surface area (TPSA) is 66.0 Å². The van der Waals surface area contributed by atoms with Crippen molar-refractivity contribution in [1.29, 1.82) is 0 Å². The lowest BCUT2D eigenvalue weighted by Crippen LogP contribution is -2.49. The average molecular weight is 524 g/mol. The van der Waals surface area contributed by atoms with E-state index in [4.69, 9.17) is 0 Å². The van der Waals surface area contributed by atoms with E-state index in [9.17, 15) is 13.6 Å². The third-order valence-corrected chi connectivity index (χ3v) is 4.90. The van der Waals surface area contributed by atoms with Crippen LogP contribution < -0.4 is 15.4 Å². The second-order valence-electron chi connectivity index (χ2n) is 7.26.